The molecule has 0 fully saturated rings. The molecule has 2 amide bonds. The number of amides is 2. The molecule has 0 aromatic heterocycles. The Kier molecular flexibility index (Phi) is 5.18. The first-order chi connectivity index (χ1) is 8.82. The van der Waals surface area contributed by atoms with Crippen LogP contribution in [0.15, 0.2) is 24.3 Å². The van der Waals surface area contributed by atoms with Gasteiger partial charge in [0, 0.05) is 12.1 Å². The van der Waals surface area contributed by atoms with Crippen LogP contribution in [0.2, 0.25) is 5.02 Å². The average Bonchev–Trinajstić information content (AvgIpc) is 2.37. The summed E-state index contributed by atoms with van der Waals surface area (Å²) in [7, 11) is 1.61. The summed E-state index contributed by atoms with van der Waals surface area (Å²) in [6, 6.07) is 5.62. The fraction of sp³-hybridized carbons (Fsp3) is 0.385. The summed E-state index contributed by atoms with van der Waals surface area (Å²) in [5.41, 5.74) is 0.921. The van der Waals surface area contributed by atoms with Gasteiger partial charge in [-0.1, -0.05) is 23.7 Å². The SMILES string of the molecule is CC(c1ccc(Cl)cc1)N(C)C(=O)N[C@H](C)C(=O)O. The monoisotopic (exact) mass is 284 g/mol. The van der Waals surface area contributed by atoms with Crippen LogP contribution < -0.4 is 5.32 Å². The number of carboxylic acids is 1. The number of hydrogen-bond acceptors (Lipinski definition) is 2. The summed E-state index contributed by atoms with van der Waals surface area (Å²) in [5, 5.41) is 11.8. The number of aliphatic carboxylic acids is 1. The van der Waals surface area contributed by atoms with Crippen molar-refractivity contribution in [2.45, 2.75) is 25.9 Å². The van der Waals surface area contributed by atoms with Crippen LogP contribution in [0.1, 0.15) is 25.5 Å². The molecule has 5 nitrogen and oxygen atoms in total. The molecule has 0 bridgehead atoms. The van der Waals surface area contributed by atoms with Crippen molar-refractivity contribution in [1.82, 2.24) is 10.2 Å². The summed E-state index contributed by atoms with van der Waals surface area (Å²) in [4.78, 5) is 24.0. The van der Waals surface area contributed by atoms with Gasteiger partial charge in [-0.05, 0) is 31.5 Å². The molecule has 0 heterocycles. The first-order valence-electron chi connectivity index (χ1n) is 5.84. The zero-order valence-corrected chi connectivity index (χ0v) is 11.8. The second kappa shape index (κ2) is 6.43. The predicted molar refractivity (Wildman–Crippen MR) is 73.3 cm³/mol. The zero-order chi connectivity index (χ0) is 14.6. The maximum atomic E-state index is 11.9. The molecule has 104 valence electrons. The Bertz CT molecular complexity index is 461. The summed E-state index contributed by atoms with van der Waals surface area (Å²) in [6.07, 6.45) is 0. The number of carbonyl (C=O) groups excluding carboxylic acids is 1. The van der Waals surface area contributed by atoms with E-state index >= 15 is 0 Å². The van der Waals surface area contributed by atoms with E-state index in [-0.39, 0.29) is 6.04 Å². The van der Waals surface area contributed by atoms with Gasteiger partial charge in [0.2, 0.25) is 0 Å². The first kappa shape index (κ1) is 15.3. The van der Waals surface area contributed by atoms with Crippen molar-refractivity contribution in [1.29, 1.82) is 0 Å². The molecular weight excluding hydrogens is 268 g/mol. The van der Waals surface area contributed by atoms with E-state index in [4.69, 9.17) is 16.7 Å². The van der Waals surface area contributed by atoms with Gasteiger partial charge in [0.05, 0.1) is 6.04 Å². The number of carboxylic acid groups (broad SMARTS) is 1. The van der Waals surface area contributed by atoms with E-state index in [1.165, 1.54) is 11.8 Å². The van der Waals surface area contributed by atoms with E-state index in [0.717, 1.165) is 5.56 Å². The Hall–Kier alpha value is -1.75. The molecule has 6 heteroatoms. The number of halogens is 1. The minimum atomic E-state index is -1.07. The van der Waals surface area contributed by atoms with E-state index in [1.54, 1.807) is 19.2 Å². The van der Waals surface area contributed by atoms with Crippen molar-refractivity contribution in [3.63, 3.8) is 0 Å². The number of nitrogens with one attached hydrogen (secondary N) is 1. The molecule has 0 saturated carbocycles. The Balaban J connectivity index is 2.71. The fourth-order valence-corrected chi connectivity index (χ4v) is 1.62. The summed E-state index contributed by atoms with van der Waals surface area (Å²) in [6.45, 7) is 3.27. The first-order valence-corrected chi connectivity index (χ1v) is 6.22. The van der Waals surface area contributed by atoms with Gasteiger partial charge < -0.3 is 15.3 Å². The third kappa shape index (κ3) is 4.13. The van der Waals surface area contributed by atoms with E-state index in [1.807, 2.05) is 19.1 Å². The minimum absolute atomic E-state index is 0.182. The minimum Gasteiger partial charge on any atom is -0.480 e. The maximum Gasteiger partial charge on any atom is 0.325 e. The van der Waals surface area contributed by atoms with Crippen molar-refractivity contribution in [2.75, 3.05) is 7.05 Å². The molecule has 2 N–H and O–H groups in total. The van der Waals surface area contributed by atoms with Crippen molar-refractivity contribution in [3.8, 4) is 0 Å². The Morgan fingerprint density at radius 2 is 1.79 bits per heavy atom. The second-order valence-electron chi connectivity index (χ2n) is 4.35. The van der Waals surface area contributed by atoms with E-state index in [0.29, 0.717) is 5.02 Å². The number of hydrogen-bond donors (Lipinski definition) is 2. The maximum absolute atomic E-state index is 11.9. The standard InChI is InChI=1S/C13H17ClN2O3/c1-8(12(17)18)15-13(19)16(3)9(2)10-4-6-11(14)7-5-10/h4-9H,1-3H3,(H,15,19)(H,17,18)/t8-,9?/m1/s1. The molecule has 1 unspecified atom stereocenters. The van der Waals surface area contributed by atoms with E-state index in [2.05, 4.69) is 5.32 Å². The predicted octanol–water partition coefficient (Wildman–Crippen LogP) is 2.52. The van der Waals surface area contributed by atoms with Gasteiger partial charge in [0.25, 0.3) is 0 Å². The number of carbonyl (C=O) groups is 2. The van der Waals surface area contributed by atoms with E-state index < -0.39 is 18.0 Å². The Labute approximate surface area is 117 Å². The lowest BCUT2D eigenvalue weighted by atomic mass is 10.1. The van der Waals surface area contributed by atoms with Crippen molar-refractivity contribution in [3.05, 3.63) is 34.9 Å². The van der Waals surface area contributed by atoms with E-state index in [9.17, 15) is 9.59 Å². The summed E-state index contributed by atoms with van der Waals surface area (Å²) >= 11 is 5.80. The number of nitrogens with zero attached hydrogens (tertiary/aromatic N) is 1. The molecule has 0 radical (unpaired) electrons. The molecular formula is C13H17ClN2O3. The van der Waals surface area contributed by atoms with Gasteiger partial charge >= 0.3 is 12.0 Å². The Morgan fingerprint density at radius 3 is 2.26 bits per heavy atom. The van der Waals surface area contributed by atoms with Crippen LogP contribution in [0.3, 0.4) is 0 Å². The highest BCUT2D eigenvalue weighted by atomic mass is 35.5. The fourth-order valence-electron chi connectivity index (χ4n) is 1.49. The average molecular weight is 285 g/mol. The topological polar surface area (TPSA) is 69.6 Å². The Morgan fingerprint density at radius 1 is 1.26 bits per heavy atom. The molecule has 1 aromatic carbocycles. The molecule has 1 rings (SSSR count). The highest BCUT2D eigenvalue weighted by molar-refractivity contribution is 6.30. The molecule has 0 aliphatic rings. The lowest BCUT2D eigenvalue weighted by Gasteiger charge is -2.26. The van der Waals surface area contributed by atoms with Crippen LogP contribution in [0.5, 0.6) is 0 Å². The second-order valence-corrected chi connectivity index (χ2v) is 4.78. The van der Waals surface area contributed by atoms with Crippen LogP contribution in [0, 0.1) is 0 Å². The third-order valence-corrected chi connectivity index (χ3v) is 3.22. The summed E-state index contributed by atoms with van der Waals surface area (Å²) < 4.78 is 0. The molecule has 2 atom stereocenters. The highest BCUT2D eigenvalue weighted by Crippen LogP contribution is 2.20. The molecule has 0 aliphatic carbocycles. The van der Waals surface area contributed by atoms with Crippen molar-refractivity contribution >= 4 is 23.6 Å². The van der Waals surface area contributed by atoms with Gasteiger partial charge in [0.15, 0.2) is 0 Å². The lowest BCUT2D eigenvalue weighted by molar-refractivity contribution is -0.138. The van der Waals surface area contributed by atoms with Gasteiger partial charge in [0.1, 0.15) is 6.04 Å². The molecule has 0 aliphatic heterocycles. The highest BCUT2D eigenvalue weighted by Gasteiger charge is 2.21. The van der Waals surface area contributed by atoms with Gasteiger partial charge in [-0.2, -0.15) is 0 Å². The van der Waals surface area contributed by atoms with Gasteiger partial charge in [-0.15, -0.1) is 0 Å². The third-order valence-electron chi connectivity index (χ3n) is 2.96. The van der Waals surface area contributed by atoms with Crippen LogP contribution in [-0.2, 0) is 4.79 Å². The van der Waals surface area contributed by atoms with Gasteiger partial charge in [-0.25, -0.2) is 4.79 Å². The number of urea groups is 1. The lowest BCUT2D eigenvalue weighted by Crippen LogP contribution is -2.45. The largest absolute Gasteiger partial charge is 0.480 e. The number of rotatable bonds is 4. The molecule has 0 saturated heterocycles. The number of benzene rings is 1. The molecule has 0 spiro atoms. The van der Waals surface area contributed by atoms with Crippen LogP contribution in [-0.4, -0.2) is 35.1 Å². The zero-order valence-electron chi connectivity index (χ0n) is 11.1. The van der Waals surface area contributed by atoms with Crippen molar-refractivity contribution < 1.29 is 14.7 Å². The van der Waals surface area contributed by atoms with Crippen LogP contribution >= 0.6 is 11.6 Å². The van der Waals surface area contributed by atoms with Gasteiger partial charge in [-0.3, -0.25) is 4.79 Å². The van der Waals surface area contributed by atoms with Crippen LogP contribution in [0.4, 0.5) is 4.79 Å². The normalized spacial score (nSPS) is 13.5. The quantitative estimate of drug-likeness (QED) is 0.892. The smallest absolute Gasteiger partial charge is 0.325 e. The summed E-state index contributed by atoms with van der Waals surface area (Å²) in [5.74, 6) is -1.07. The molecule has 1 aromatic rings. The van der Waals surface area contributed by atoms with Crippen LogP contribution in [0.25, 0.3) is 0 Å². The van der Waals surface area contributed by atoms with Crippen molar-refractivity contribution in [2.24, 2.45) is 0 Å². The molecule has 19 heavy (non-hydrogen) atoms.